The third-order valence-electron chi connectivity index (χ3n) is 2.95. The van der Waals surface area contributed by atoms with Gasteiger partial charge in [-0.2, -0.15) is 0 Å². The number of furan rings is 1. The van der Waals surface area contributed by atoms with Gasteiger partial charge in [-0.3, -0.25) is 9.59 Å². The van der Waals surface area contributed by atoms with Crippen LogP contribution in [0.2, 0.25) is 0 Å². The number of rotatable bonds is 7. The van der Waals surface area contributed by atoms with E-state index < -0.39 is 0 Å². The molecule has 2 aromatic rings. The van der Waals surface area contributed by atoms with Gasteiger partial charge in [0.15, 0.2) is 0 Å². The average Bonchev–Trinajstić information content (AvgIpc) is 3.03. The molecule has 5 heteroatoms. The second-order valence-corrected chi connectivity index (χ2v) is 4.62. The maximum atomic E-state index is 11.6. The Morgan fingerprint density at radius 3 is 2.14 bits per heavy atom. The van der Waals surface area contributed by atoms with Crippen LogP contribution in [0.25, 0.3) is 0 Å². The van der Waals surface area contributed by atoms with Gasteiger partial charge in [0.1, 0.15) is 5.76 Å². The number of hydrogen-bond acceptors (Lipinski definition) is 3. The molecular weight excluding hydrogens is 268 g/mol. The minimum Gasteiger partial charge on any atom is -0.467 e. The zero-order valence-corrected chi connectivity index (χ0v) is 11.7. The second-order valence-electron chi connectivity index (χ2n) is 4.62. The number of amides is 2. The second kappa shape index (κ2) is 7.89. The minimum absolute atomic E-state index is 0.132. The van der Waals surface area contributed by atoms with E-state index >= 15 is 0 Å². The van der Waals surface area contributed by atoms with E-state index in [0.29, 0.717) is 18.8 Å². The largest absolute Gasteiger partial charge is 0.467 e. The summed E-state index contributed by atoms with van der Waals surface area (Å²) in [5.74, 6) is 0.394. The van der Waals surface area contributed by atoms with E-state index in [0.717, 1.165) is 5.56 Å². The monoisotopic (exact) mass is 286 g/mol. The molecule has 0 aliphatic carbocycles. The van der Waals surface area contributed by atoms with Gasteiger partial charge in [-0.25, -0.2) is 0 Å². The highest BCUT2D eigenvalue weighted by molar-refractivity contribution is 5.83. The third-order valence-corrected chi connectivity index (χ3v) is 2.95. The van der Waals surface area contributed by atoms with E-state index in [1.165, 1.54) is 0 Å². The number of hydrogen-bond donors (Lipinski definition) is 2. The van der Waals surface area contributed by atoms with Crippen LogP contribution in [0, 0.1) is 0 Å². The Kier molecular flexibility index (Phi) is 5.58. The molecule has 0 bridgehead atoms. The van der Waals surface area contributed by atoms with E-state index in [1.807, 2.05) is 30.3 Å². The minimum atomic E-state index is -0.165. The first-order valence-corrected chi connectivity index (χ1v) is 6.84. The van der Waals surface area contributed by atoms with Crippen molar-refractivity contribution in [3.8, 4) is 0 Å². The highest BCUT2D eigenvalue weighted by Gasteiger charge is 2.07. The Morgan fingerprint density at radius 1 is 0.857 bits per heavy atom. The molecule has 0 radical (unpaired) electrons. The lowest BCUT2D eigenvalue weighted by atomic mass is 10.2. The van der Waals surface area contributed by atoms with Crippen molar-refractivity contribution in [2.45, 2.75) is 25.9 Å². The fourth-order valence-corrected chi connectivity index (χ4v) is 1.80. The molecule has 5 nitrogen and oxygen atoms in total. The van der Waals surface area contributed by atoms with Crippen molar-refractivity contribution in [1.82, 2.24) is 10.6 Å². The fourth-order valence-electron chi connectivity index (χ4n) is 1.80. The number of carbonyl (C=O) groups is 2. The summed E-state index contributed by atoms with van der Waals surface area (Å²) in [6, 6.07) is 13.2. The van der Waals surface area contributed by atoms with Crippen molar-refractivity contribution in [1.29, 1.82) is 0 Å². The van der Waals surface area contributed by atoms with Crippen molar-refractivity contribution in [3.63, 3.8) is 0 Å². The molecule has 110 valence electrons. The summed E-state index contributed by atoms with van der Waals surface area (Å²) >= 11 is 0. The first kappa shape index (κ1) is 14.8. The number of carbonyl (C=O) groups excluding carboxylic acids is 2. The summed E-state index contributed by atoms with van der Waals surface area (Å²) in [6.45, 7) is 0.825. The SMILES string of the molecule is O=C(CCC(=O)NCc1ccco1)NCc1ccccc1. The van der Waals surface area contributed by atoms with Gasteiger partial charge in [-0.1, -0.05) is 30.3 Å². The van der Waals surface area contributed by atoms with Gasteiger partial charge in [0, 0.05) is 19.4 Å². The fraction of sp³-hybridized carbons (Fsp3) is 0.250. The standard InChI is InChI=1S/C16H18N2O3/c19-15(17-11-13-5-2-1-3-6-13)8-9-16(20)18-12-14-7-4-10-21-14/h1-7,10H,8-9,11-12H2,(H,17,19)(H,18,20). The van der Waals surface area contributed by atoms with Gasteiger partial charge in [0.05, 0.1) is 12.8 Å². The topological polar surface area (TPSA) is 71.3 Å². The lowest BCUT2D eigenvalue weighted by Gasteiger charge is -2.06. The maximum Gasteiger partial charge on any atom is 0.220 e. The summed E-state index contributed by atoms with van der Waals surface area (Å²) < 4.78 is 5.10. The summed E-state index contributed by atoms with van der Waals surface area (Å²) in [4.78, 5) is 23.2. The van der Waals surface area contributed by atoms with Crippen LogP contribution in [0.3, 0.4) is 0 Å². The van der Waals surface area contributed by atoms with Gasteiger partial charge in [0.25, 0.3) is 0 Å². The van der Waals surface area contributed by atoms with Gasteiger partial charge in [0.2, 0.25) is 11.8 Å². The quantitative estimate of drug-likeness (QED) is 0.817. The molecule has 0 saturated carbocycles. The molecule has 0 aliphatic rings. The molecule has 2 amide bonds. The van der Waals surface area contributed by atoms with Gasteiger partial charge in [-0.05, 0) is 17.7 Å². The molecule has 21 heavy (non-hydrogen) atoms. The first-order chi connectivity index (χ1) is 10.2. The lowest BCUT2D eigenvalue weighted by molar-refractivity contribution is -0.126. The van der Waals surface area contributed by atoms with E-state index in [2.05, 4.69) is 10.6 Å². The van der Waals surface area contributed by atoms with Crippen molar-refractivity contribution in [2.24, 2.45) is 0 Å². The van der Waals surface area contributed by atoms with Gasteiger partial charge < -0.3 is 15.1 Å². The normalized spacial score (nSPS) is 10.1. The Labute approximate surface area is 123 Å². The lowest BCUT2D eigenvalue weighted by Crippen LogP contribution is -2.27. The first-order valence-electron chi connectivity index (χ1n) is 6.84. The molecule has 2 rings (SSSR count). The van der Waals surface area contributed by atoms with E-state index in [-0.39, 0.29) is 24.7 Å². The van der Waals surface area contributed by atoms with Crippen molar-refractivity contribution in [2.75, 3.05) is 0 Å². The Balaban J connectivity index is 1.61. The van der Waals surface area contributed by atoms with E-state index in [9.17, 15) is 9.59 Å². The zero-order valence-electron chi connectivity index (χ0n) is 11.7. The zero-order chi connectivity index (χ0) is 14.9. The Hall–Kier alpha value is -2.56. The van der Waals surface area contributed by atoms with Crippen LogP contribution in [0.5, 0.6) is 0 Å². The molecule has 1 aromatic carbocycles. The van der Waals surface area contributed by atoms with E-state index in [4.69, 9.17) is 4.42 Å². The Morgan fingerprint density at radius 2 is 1.52 bits per heavy atom. The van der Waals surface area contributed by atoms with Crippen molar-refractivity contribution in [3.05, 3.63) is 60.1 Å². The van der Waals surface area contributed by atoms with Crippen LogP contribution in [-0.2, 0) is 22.7 Å². The smallest absolute Gasteiger partial charge is 0.220 e. The molecule has 0 fully saturated rings. The molecule has 0 unspecified atom stereocenters. The molecule has 0 spiro atoms. The van der Waals surface area contributed by atoms with Crippen LogP contribution in [0.15, 0.2) is 53.1 Å². The molecule has 0 saturated heterocycles. The van der Waals surface area contributed by atoms with E-state index in [1.54, 1.807) is 18.4 Å². The predicted molar refractivity (Wildman–Crippen MR) is 78.1 cm³/mol. The van der Waals surface area contributed by atoms with Crippen LogP contribution in [0.1, 0.15) is 24.2 Å². The highest BCUT2D eigenvalue weighted by Crippen LogP contribution is 2.00. The number of nitrogens with one attached hydrogen (secondary N) is 2. The molecular formula is C16H18N2O3. The summed E-state index contributed by atoms with van der Waals surface area (Å²) in [7, 11) is 0. The van der Waals surface area contributed by atoms with Crippen LogP contribution in [0.4, 0.5) is 0 Å². The van der Waals surface area contributed by atoms with Crippen LogP contribution in [-0.4, -0.2) is 11.8 Å². The van der Waals surface area contributed by atoms with Crippen LogP contribution >= 0.6 is 0 Å². The Bertz CT molecular complexity index is 564. The average molecular weight is 286 g/mol. The number of benzene rings is 1. The van der Waals surface area contributed by atoms with Crippen molar-refractivity contribution < 1.29 is 14.0 Å². The van der Waals surface area contributed by atoms with Crippen LogP contribution < -0.4 is 10.6 Å². The molecule has 2 N–H and O–H groups in total. The third kappa shape index (κ3) is 5.52. The molecule has 0 aliphatic heterocycles. The predicted octanol–water partition coefficient (Wildman–Crippen LogP) is 1.99. The highest BCUT2D eigenvalue weighted by atomic mass is 16.3. The molecule has 1 heterocycles. The van der Waals surface area contributed by atoms with Gasteiger partial charge in [-0.15, -0.1) is 0 Å². The maximum absolute atomic E-state index is 11.6. The van der Waals surface area contributed by atoms with Crippen molar-refractivity contribution >= 4 is 11.8 Å². The molecule has 1 aromatic heterocycles. The summed E-state index contributed by atoms with van der Waals surface area (Å²) in [6.07, 6.45) is 1.90. The summed E-state index contributed by atoms with van der Waals surface area (Å²) in [5, 5.41) is 5.49. The molecule has 0 atom stereocenters. The summed E-state index contributed by atoms with van der Waals surface area (Å²) in [5.41, 5.74) is 1.04. The van der Waals surface area contributed by atoms with Gasteiger partial charge >= 0.3 is 0 Å².